The number of hydrogen-bond donors (Lipinski definition) is 1. The van der Waals surface area contributed by atoms with Crippen molar-refractivity contribution in [2.45, 2.75) is 18.9 Å². The Bertz CT molecular complexity index is 404. The van der Waals surface area contributed by atoms with Gasteiger partial charge in [-0.2, -0.15) is 0 Å². The molecule has 1 atom stereocenters. The average molecular weight is 236 g/mol. The van der Waals surface area contributed by atoms with Crippen LogP contribution in [0, 0.1) is 0 Å². The number of nitrogens with zero attached hydrogens (tertiary/aromatic N) is 1. The Labute approximate surface area is 102 Å². The first-order chi connectivity index (χ1) is 8.05. The van der Waals surface area contributed by atoms with Crippen LogP contribution in [0.2, 0.25) is 0 Å². The Morgan fingerprint density at radius 3 is 2.59 bits per heavy atom. The summed E-state index contributed by atoms with van der Waals surface area (Å²) in [7, 11) is 3.33. The molecular formula is C13H20N2O2. The van der Waals surface area contributed by atoms with E-state index < -0.39 is 0 Å². The molecule has 1 fully saturated rings. The number of methoxy groups -OCH3 is 2. The summed E-state index contributed by atoms with van der Waals surface area (Å²) in [6, 6.07) is 5.88. The van der Waals surface area contributed by atoms with E-state index in [0.29, 0.717) is 0 Å². The zero-order valence-electron chi connectivity index (χ0n) is 10.7. The summed E-state index contributed by atoms with van der Waals surface area (Å²) < 4.78 is 10.6. The lowest BCUT2D eigenvalue weighted by Gasteiger charge is -2.23. The molecule has 0 bridgehead atoms. The second-order valence-electron chi connectivity index (χ2n) is 4.86. The molecule has 0 radical (unpaired) electrons. The van der Waals surface area contributed by atoms with Crippen molar-refractivity contribution in [3.63, 3.8) is 0 Å². The van der Waals surface area contributed by atoms with Gasteiger partial charge in [0.25, 0.3) is 0 Å². The molecule has 1 aromatic carbocycles. The van der Waals surface area contributed by atoms with Gasteiger partial charge in [0.05, 0.1) is 19.9 Å². The van der Waals surface area contributed by atoms with Crippen molar-refractivity contribution in [2.24, 2.45) is 5.73 Å². The minimum Gasteiger partial charge on any atom is -0.497 e. The van der Waals surface area contributed by atoms with Crippen molar-refractivity contribution < 1.29 is 9.47 Å². The second kappa shape index (κ2) is 4.45. The zero-order valence-corrected chi connectivity index (χ0v) is 10.7. The number of rotatable bonds is 3. The van der Waals surface area contributed by atoms with E-state index in [1.54, 1.807) is 14.2 Å². The maximum Gasteiger partial charge on any atom is 0.145 e. The van der Waals surface area contributed by atoms with Crippen LogP contribution < -0.4 is 20.1 Å². The van der Waals surface area contributed by atoms with Crippen molar-refractivity contribution in [1.29, 1.82) is 0 Å². The Morgan fingerprint density at radius 2 is 2.06 bits per heavy atom. The molecular weight excluding hydrogens is 216 g/mol. The van der Waals surface area contributed by atoms with Crippen molar-refractivity contribution in [2.75, 3.05) is 32.2 Å². The van der Waals surface area contributed by atoms with Gasteiger partial charge in [0.15, 0.2) is 0 Å². The Balaban J connectivity index is 2.26. The highest BCUT2D eigenvalue weighted by molar-refractivity contribution is 5.62. The molecule has 4 heteroatoms. The molecule has 0 amide bonds. The first-order valence-electron chi connectivity index (χ1n) is 5.81. The van der Waals surface area contributed by atoms with E-state index >= 15 is 0 Å². The lowest BCUT2D eigenvalue weighted by Crippen LogP contribution is -2.39. The minimum absolute atomic E-state index is 0.106. The molecule has 1 aromatic rings. The van der Waals surface area contributed by atoms with Crippen LogP contribution >= 0.6 is 0 Å². The summed E-state index contributed by atoms with van der Waals surface area (Å²) in [6.07, 6.45) is 1.00. The van der Waals surface area contributed by atoms with E-state index in [1.165, 1.54) is 0 Å². The molecule has 94 valence electrons. The van der Waals surface area contributed by atoms with Crippen LogP contribution in [-0.4, -0.2) is 32.8 Å². The molecule has 1 aliphatic heterocycles. The molecule has 2 rings (SSSR count). The van der Waals surface area contributed by atoms with Gasteiger partial charge in [0.1, 0.15) is 11.5 Å². The van der Waals surface area contributed by atoms with Crippen LogP contribution in [0.3, 0.4) is 0 Å². The van der Waals surface area contributed by atoms with Crippen molar-refractivity contribution >= 4 is 5.69 Å². The number of ether oxygens (including phenoxy) is 2. The maximum atomic E-state index is 6.15. The van der Waals surface area contributed by atoms with Crippen LogP contribution in [0.4, 0.5) is 5.69 Å². The fraction of sp³-hybridized carbons (Fsp3) is 0.538. The summed E-state index contributed by atoms with van der Waals surface area (Å²) >= 11 is 0. The number of benzene rings is 1. The first-order valence-corrected chi connectivity index (χ1v) is 5.81. The molecule has 1 saturated heterocycles. The van der Waals surface area contributed by atoms with Crippen LogP contribution in [0.5, 0.6) is 11.5 Å². The monoisotopic (exact) mass is 236 g/mol. The summed E-state index contributed by atoms with van der Waals surface area (Å²) in [5.41, 5.74) is 7.13. The predicted octanol–water partition coefficient (Wildman–Crippen LogP) is 1.63. The Morgan fingerprint density at radius 1 is 1.29 bits per heavy atom. The van der Waals surface area contributed by atoms with Crippen LogP contribution in [0.1, 0.15) is 13.3 Å². The quantitative estimate of drug-likeness (QED) is 0.866. The molecule has 0 aliphatic carbocycles. The third-order valence-electron chi connectivity index (χ3n) is 3.23. The van der Waals surface area contributed by atoms with Gasteiger partial charge in [-0.1, -0.05) is 0 Å². The van der Waals surface area contributed by atoms with Crippen LogP contribution in [0.25, 0.3) is 0 Å². The number of anilines is 1. The van der Waals surface area contributed by atoms with Crippen LogP contribution in [0.15, 0.2) is 18.2 Å². The van der Waals surface area contributed by atoms with Gasteiger partial charge in [0, 0.05) is 24.7 Å². The van der Waals surface area contributed by atoms with E-state index in [0.717, 1.165) is 36.7 Å². The highest BCUT2D eigenvalue weighted by atomic mass is 16.5. The summed E-state index contributed by atoms with van der Waals surface area (Å²) in [4.78, 5) is 2.26. The molecule has 17 heavy (non-hydrogen) atoms. The van der Waals surface area contributed by atoms with Crippen molar-refractivity contribution in [3.8, 4) is 11.5 Å². The van der Waals surface area contributed by atoms with E-state index in [9.17, 15) is 0 Å². The normalized spacial score (nSPS) is 23.9. The summed E-state index contributed by atoms with van der Waals surface area (Å²) in [5, 5.41) is 0. The molecule has 0 spiro atoms. The van der Waals surface area contributed by atoms with Gasteiger partial charge >= 0.3 is 0 Å². The molecule has 4 nitrogen and oxygen atoms in total. The second-order valence-corrected chi connectivity index (χ2v) is 4.86. The minimum atomic E-state index is -0.106. The summed E-state index contributed by atoms with van der Waals surface area (Å²) in [6.45, 7) is 3.91. The zero-order chi connectivity index (χ0) is 12.5. The molecule has 2 N–H and O–H groups in total. The van der Waals surface area contributed by atoms with Crippen molar-refractivity contribution in [3.05, 3.63) is 18.2 Å². The fourth-order valence-electron chi connectivity index (χ4n) is 2.24. The smallest absolute Gasteiger partial charge is 0.145 e. The largest absolute Gasteiger partial charge is 0.497 e. The third kappa shape index (κ3) is 2.47. The lowest BCUT2D eigenvalue weighted by atomic mass is 10.0. The van der Waals surface area contributed by atoms with Gasteiger partial charge in [-0.05, 0) is 25.5 Å². The SMILES string of the molecule is COc1ccc(N2CCC(C)(N)C2)c(OC)c1. The van der Waals surface area contributed by atoms with E-state index in [2.05, 4.69) is 11.8 Å². The van der Waals surface area contributed by atoms with Gasteiger partial charge in [-0.15, -0.1) is 0 Å². The molecule has 0 aromatic heterocycles. The Kier molecular flexibility index (Phi) is 3.15. The van der Waals surface area contributed by atoms with Gasteiger partial charge in [-0.25, -0.2) is 0 Å². The third-order valence-corrected chi connectivity index (χ3v) is 3.23. The first kappa shape index (κ1) is 12.0. The van der Waals surface area contributed by atoms with Crippen LogP contribution in [-0.2, 0) is 0 Å². The lowest BCUT2D eigenvalue weighted by molar-refractivity contribution is 0.394. The number of hydrogen-bond acceptors (Lipinski definition) is 4. The molecule has 1 heterocycles. The van der Waals surface area contributed by atoms with E-state index in [1.807, 2.05) is 18.2 Å². The Hall–Kier alpha value is -1.42. The van der Waals surface area contributed by atoms with Gasteiger partial charge < -0.3 is 20.1 Å². The van der Waals surface area contributed by atoms with E-state index in [4.69, 9.17) is 15.2 Å². The van der Waals surface area contributed by atoms with E-state index in [-0.39, 0.29) is 5.54 Å². The highest BCUT2D eigenvalue weighted by Gasteiger charge is 2.31. The topological polar surface area (TPSA) is 47.7 Å². The predicted molar refractivity (Wildman–Crippen MR) is 69.0 cm³/mol. The van der Waals surface area contributed by atoms with Crippen molar-refractivity contribution in [1.82, 2.24) is 0 Å². The van der Waals surface area contributed by atoms with Gasteiger partial charge in [0.2, 0.25) is 0 Å². The molecule has 1 aliphatic rings. The molecule has 1 unspecified atom stereocenters. The molecule has 0 saturated carbocycles. The maximum absolute atomic E-state index is 6.15. The standard InChI is InChI=1S/C13H20N2O2/c1-13(14)6-7-15(9-13)11-5-4-10(16-2)8-12(11)17-3/h4-5,8H,6-7,9,14H2,1-3H3. The summed E-state index contributed by atoms with van der Waals surface area (Å²) in [5.74, 6) is 1.64. The average Bonchev–Trinajstić information content (AvgIpc) is 2.68. The highest BCUT2D eigenvalue weighted by Crippen LogP contribution is 2.35. The fourth-order valence-corrected chi connectivity index (χ4v) is 2.24. The number of nitrogens with two attached hydrogens (primary N) is 1. The van der Waals surface area contributed by atoms with Gasteiger partial charge in [-0.3, -0.25) is 0 Å².